The molecule has 3 amide bonds. The third-order valence-electron chi connectivity index (χ3n) is 7.86. The molecule has 0 aliphatic heterocycles. The van der Waals surface area contributed by atoms with Gasteiger partial charge in [0.2, 0.25) is 5.91 Å². The van der Waals surface area contributed by atoms with Crippen LogP contribution in [0.5, 0.6) is 0 Å². The molecule has 54 heavy (non-hydrogen) atoms. The van der Waals surface area contributed by atoms with Gasteiger partial charge in [-0.25, -0.2) is 0 Å². The van der Waals surface area contributed by atoms with Crippen LogP contribution in [-0.4, -0.2) is 86.4 Å². The van der Waals surface area contributed by atoms with E-state index >= 15 is 0 Å². The molecule has 2 aromatic rings. The molecule has 0 unspecified atom stereocenters. The Morgan fingerprint density at radius 1 is 0.722 bits per heavy atom. The van der Waals surface area contributed by atoms with E-state index < -0.39 is 73.1 Å². The highest BCUT2D eigenvalue weighted by molar-refractivity contribution is 9.11. The van der Waals surface area contributed by atoms with E-state index in [9.17, 15) is 14.4 Å². The standard InChI is InChI=1S/C38H57Br2N3O8Si3/c1-52(2,3)49-30-26-28-19-13-14-20-29(28)32(30)41-37(45)35(47-23-15-21-39)33(50-53(4,5)6)34(51-54(7,8)9)36(48-24-16-22-40)38(46)43-42-31(44)25-27-17-11-10-12-18-27/h10-22,30,32-36H,23-26H2,1-9H3,(H,41,45)(H,42,44)(H,43,46)/b21-15+,22-16+/t30-,32+,33-,34-,35-,36-/m1/s1. The van der Waals surface area contributed by atoms with Gasteiger partial charge in [0.1, 0.15) is 12.2 Å². The van der Waals surface area contributed by atoms with E-state index in [1.165, 1.54) is 0 Å². The number of hydrogen-bond donors (Lipinski definition) is 3. The number of hydrazine groups is 1. The molecule has 0 aromatic heterocycles. The first-order valence-corrected chi connectivity index (χ1v) is 30.2. The summed E-state index contributed by atoms with van der Waals surface area (Å²) in [5.41, 5.74) is 7.96. The summed E-state index contributed by atoms with van der Waals surface area (Å²) in [5.74, 6) is -1.52. The lowest BCUT2D eigenvalue weighted by atomic mass is 10.0. The normalized spacial score (nSPS) is 18.6. The highest BCUT2D eigenvalue weighted by Crippen LogP contribution is 2.35. The van der Waals surface area contributed by atoms with Crippen LogP contribution < -0.4 is 16.2 Å². The zero-order valence-electron chi connectivity index (χ0n) is 32.8. The number of nitrogens with one attached hydrogen (secondary N) is 3. The summed E-state index contributed by atoms with van der Waals surface area (Å²) in [7, 11) is -7.04. The van der Waals surface area contributed by atoms with Gasteiger partial charge in [0.15, 0.2) is 37.2 Å². The number of halogens is 2. The van der Waals surface area contributed by atoms with Crippen LogP contribution in [0.4, 0.5) is 0 Å². The fourth-order valence-electron chi connectivity index (χ4n) is 6.01. The molecule has 0 heterocycles. The fraction of sp³-hybridized carbons (Fsp3) is 0.500. The lowest BCUT2D eigenvalue weighted by Gasteiger charge is -2.42. The summed E-state index contributed by atoms with van der Waals surface area (Å²) in [6, 6.07) is 16.8. The maximum atomic E-state index is 14.8. The maximum Gasteiger partial charge on any atom is 0.270 e. The van der Waals surface area contributed by atoms with Crippen molar-refractivity contribution in [2.45, 2.75) is 108 Å². The van der Waals surface area contributed by atoms with Crippen LogP contribution in [0.15, 0.2) is 76.7 Å². The van der Waals surface area contributed by atoms with Crippen molar-refractivity contribution in [3.8, 4) is 0 Å². The van der Waals surface area contributed by atoms with Crippen molar-refractivity contribution in [2.75, 3.05) is 13.2 Å². The van der Waals surface area contributed by atoms with Crippen molar-refractivity contribution in [2.24, 2.45) is 0 Å². The summed E-state index contributed by atoms with van der Waals surface area (Å²) in [4.78, 5) is 45.2. The zero-order chi connectivity index (χ0) is 40.1. The average Bonchev–Trinajstić information content (AvgIpc) is 3.40. The molecule has 0 fully saturated rings. The highest BCUT2D eigenvalue weighted by atomic mass is 79.9. The lowest BCUT2D eigenvalue weighted by Crippen LogP contribution is -2.63. The van der Waals surface area contributed by atoms with Crippen molar-refractivity contribution in [3.63, 3.8) is 0 Å². The smallest absolute Gasteiger partial charge is 0.270 e. The number of amides is 3. The SMILES string of the molecule is C[Si](C)(C)O[C@H]([C@@H](O[Si](C)(C)C)[C@@H](OC/C=C/Br)C(=O)N[C@H]1c2ccccc2C[C@H]1O[Si](C)(C)C)[C@@H](OC/C=C/Br)C(=O)NNC(=O)Cc1ccccc1. The minimum Gasteiger partial charge on any atom is -0.412 e. The fourth-order valence-corrected chi connectivity index (χ4v) is 9.59. The molecule has 3 N–H and O–H groups in total. The van der Waals surface area contributed by atoms with Gasteiger partial charge in [-0.15, -0.1) is 0 Å². The van der Waals surface area contributed by atoms with Crippen LogP contribution in [0.3, 0.4) is 0 Å². The van der Waals surface area contributed by atoms with Crippen LogP contribution in [0.25, 0.3) is 0 Å². The summed E-state index contributed by atoms with van der Waals surface area (Å²) in [5, 5.41) is 3.28. The average molecular weight is 928 g/mol. The molecule has 6 atom stereocenters. The Kier molecular flexibility index (Phi) is 18.2. The number of fused-ring (bicyclic) bond motifs is 1. The third-order valence-corrected chi connectivity index (χ3v) is 11.6. The molecule has 0 saturated carbocycles. The molecule has 0 radical (unpaired) electrons. The summed E-state index contributed by atoms with van der Waals surface area (Å²) in [6.07, 6.45) is -0.969. The summed E-state index contributed by atoms with van der Waals surface area (Å²) in [6.45, 7) is 18.4. The van der Waals surface area contributed by atoms with E-state index in [2.05, 4.69) is 73.7 Å². The molecule has 1 aliphatic rings. The number of carbonyl (C=O) groups is 3. The van der Waals surface area contributed by atoms with E-state index in [4.69, 9.17) is 22.8 Å². The van der Waals surface area contributed by atoms with Gasteiger partial charge in [-0.1, -0.05) is 98.6 Å². The van der Waals surface area contributed by atoms with Gasteiger partial charge in [-0.2, -0.15) is 0 Å². The van der Waals surface area contributed by atoms with Gasteiger partial charge in [0, 0.05) is 6.42 Å². The van der Waals surface area contributed by atoms with E-state index in [1.807, 2.05) is 87.8 Å². The number of benzene rings is 2. The number of rotatable bonds is 20. The molecule has 2 aromatic carbocycles. The zero-order valence-corrected chi connectivity index (χ0v) is 39.0. The van der Waals surface area contributed by atoms with Crippen LogP contribution in [0, 0.1) is 0 Å². The Hall–Kier alpha value is -2.26. The molecule has 0 bridgehead atoms. The topological polar surface area (TPSA) is 133 Å². The minimum absolute atomic E-state index is 0.0190. The van der Waals surface area contributed by atoms with Crippen LogP contribution in [0.2, 0.25) is 58.9 Å². The van der Waals surface area contributed by atoms with E-state index in [-0.39, 0.29) is 25.7 Å². The van der Waals surface area contributed by atoms with Gasteiger partial charge in [-0.3, -0.25) is 25.2 Å². The van der Waals surface area contributed by atoms with Crippen LogP contribution >= 0.6 is 31.9 Å². The van der Waals surface area contributed by atoms with Crippen molar-refractivity contribution < 1.29 is 37.1 Å². The second kappa shape index (κ2) is 21.3. The molecule has 0 spiro atoms. The van der Waals surface area contributed by atoms with Gasteiger partial charge in [0.05, 0.1) is 31.8 Å². The predicted molar refractivity (Wildman–Crippen MR) is 228 cm³/mol. The van der Waals surface area contributed by atoms with Crippen molar-refractivity contribution in [1.29, 1.82) is 0 Å². The Morgan fingerprint density at radius 2 is 1.24 bits per heavy atom. The molecule has 0 saturated heterocycles. The summed E-state index contributed by atoms with van der Waals surface area (Å²) < 4.78 is 32.9. The largest absolute Gasteiger partial charge is 0.412 e. The van der Waals surface area contributed by atoms with E-state index in [0.29, 0.717) is 6.42 Å². The maximum absolute atomic E-state index is 14.8. The van der Waals surface area contributed by atoms with Crippen molar-refractivity contribution in [1.82, 2.24) is 16.2 Å². The minimum atomic E-state index is -2.51. The molecular formula is C38H57Br2N3O8Si3. The van der Waals surface area contributed by atoms with Crippen LogP contribution in [0.1, 0.15) is 22.7 Å². The quantitative estimate of drug-likeness (QED) is 0.0953. The number of carbonyl (C=O) groups excluding carboxylic acids is 3. The lowest BCUT2D eigenvalue weighted by molar-refractivity contribution is -0.161. The molecule has 11 nitrogen and oxygen atoms in total. The van der Waals surface area contributed by atoms with Gasteiger partial charge in [0.25, 0.3) is 11.8 Å². The molecule has 3 rings (SSSR count). The van der Waals surface area contributed by atoms with E-state index in [0.717, 1.165) is 16.7 Å². The van der Waals surface area contributed by atoms with Crippen LogP contribution in [-0.2, 0) is 50.0 Å². The van der Waals surface area contributed by atoms with Crippen molar-refractivity contribution in [3.05, 3.63) is 93.4 Å². The molecule has 16 heteroatoms. The first-order valence-electron chi connectivity index (χ1n) is 18.1. The Morgan fingerprint density at radius 3 is 1.76 bits per heavy atom. The first kappa shape index (κ1) is 46.1. The Balaban J connectivity index is 2.09. The second-order valence-electron chi connectivity index (χ2n) is 16.0. The van der Waals surface area contributed by atoms with Gasteiger partial charge < -0.3 is 28.1 Å². The molecule has 298 valence electrons. The predicted octanol–water partition coefficient (Wildman–Crippen LogP) is 7.04. The molecule has 1 aliphatic carbocycles. The Bertz CT molecular complexity index is 1580. The van der Waals surface area contributed by atoms with Gasteiger partial charge >= 0.3 is 0 Å². The highest BCUT2D eigenvalue weighted by Gasteiger charge is 2.48. The van der Waals surface area contributed by atoms with E-state index in [1.54, 1.807) is 22.1 Å². The Labute approximate surface area is 341 Å². The number of hydrogen-bond acceptors (Lipinski definition) is 8. The second-order valence-corrected chi connectivity index (χ2v) is 30.4. The summed E-state index contributed by atoms with van der Waals surface area (Å²) >= 11 is 6.58. The monoisotopic (exact) mass is 925 g/mol. The van der Waals surface area contributed by atoms with Gasteiger partial charge in [-0.05, 0) is 85.6 Å². The third kappa shape index (κ3) is 15.7. The molecular weight excluding hydrogens is 870 g/mol. The van der Waals surface area contributed by atoms with Crippen molar-refractivity contribution >= 4 is 74.5 Å². The first-order chi connectivity index (χ1) is 25.3. The number of ether oxygens (including phenoxy) is 2.